The van der Waals surface area contributed by atoms with Crippen LogP contribution in [0.1, 0.15) is 45.2 Å². The molecule has 0 radical (unpaired) electrons. The van der Waals surface area contributed by atoms with E-state index in [9.17, 15) is 9.59 Å². The van der Waals surface area contributed by atoms with Crippen LogP contribution in [0.25, 0.3) is 0 Å². The molecule has 1 aromatic rings. The van der Waals surface area contributed by atoms with E-state index in [0.29, 0.717) is 11.1 Å². The average Bonchev–Trinajstić information content (AvgIpc) is 2.58. The Balaban J connectivity index is 2.54. The minimum atomic E-state index is -0.388. The van der Waals surface area contributed by atoms with Gasteiger partial charge in [-0.1, -0.05) is 12.1 Å². The lowest BCUT2D eigenvalue weighted by molar-refractivity contribution is 0.0599. The molecule has 0 saturated carbocycles. The number of nitriles is 1. The fraction of sp³-hybridized carbons (Fsp3) is 0.357. The normalized spacial score (nSPS) is 15.6. The fourth-order valence-corrected chi connectivity index (χ4v) is 2.32. The van der Waals surface area contributed by atoms with Crippen molar-refractivity contribution in [3.63, 3.8) is 0 Å². The predicted octanol–water partition coefficient (Wildman–Crippen LogP) is 2.20. The first-order valence-electron chi connectivity index (χ1n) is 5.84. The third-order valence-corrected chi connectivity index (χ3v) is 3.31. The molecule has 1 aliphatic rings. The molecule has 1 aliphatic heterocycles. The SMILES string of the molecule is Cc1ccc(C)c2c1C(=O)N(C(C)CC#N)C2=O. The van der Waals surface area contributed by atoms with Gasteiger partial charge in [0.25, 0.3) is 11.8 Å². The van der Waals surface area contributed by atoms with Gasteiger partial charge in [-0.3, -0.25) is 14.5 Å². The summed E-state index contributed by atoms with van der Waals surface area (Å²) in [6.45, 7) is 5.36. The highest BCUT2D eigenvalue weighted by Crippen LogP contribution is 2.30. The van der Waals surface area contributed by atoms with Gasteiger partial charge in [-0.25, -0.2) is 0 Å². The topological polar surface area (TPSA) is 61.2 Å². The summed E-state index contributed by atoms with van der Waals surface area (Å²) in [6.07, 6.45) is 0.156. The number of nitrogens with zero attached hydrogens (tertiary/aromatic N) is 2. The van der Waals surface area contributed by atoms with Crippen LogP contribution in [0, 0.1) is 25.2 Å². The Morgan fingerprint density at radius 3 is 2.00 bits per heavy atom. The number of carbonyl (C=O) groups excluding carboxylic acids is 2. The summed E-state index contributed by atoms with van der Waals surface area (Å²) in [6, 6.07) is 5.30. The van der Waals surface area contributed by atoms with Crippen LogP contribution in [-0.2, 0) is 0 Å². The fourth-order valence-electron chi connectivity index (χ4n) is 2.32. The minimum absolute atomic E-state index is 0.156. The van der Waals surface area contributed by atoms with Gasteiger partial charge in [0.05, 0.1) is 29.7 Å². The van der Waals surface area contributed by atoms with E-state index in [0.717, 1.165) is 11.1 Å². The summed E-state index contributed by atoms with van der Waals surface area (Å²) in [4.78, 5) is 25.8. The Kier molecular flexibility index (Phi) is 2.92. The number of carbonyl (C=O) groups is 2. The lowest BCUT2D eigenvalue weighted by Crippen LogP contribution is -2.37. The summed E-state index contributed by atoms with van der Waals surface area (Å²) >= 11 is 0. The quantitative estimate of drug-likeness (QED) is 0.747. The van der Waals surface area contributed by atoms with E-state index in [1.807, 2.05) is 32.0 Å². The zero-order valence-electron chi connectivity index (χ0n) is 10.7. The monoisotopic (exact) mass is 242 g/mol. The van der Waals surface area contributed by atoms with E-state index in [2.05, 4.69) is 0 Å². The highest BCUT2D eigenvalue weighted by molar-refractivity contribution is 6.22. The van der Waals surface area contributed by atoms with Crippen molar-refractivity contribution < 1.29 is 9.59 Å². The van der Waals surface area contributed by atoms with Crippen LogP contribution >= 0.6 is 0 Å². The van der Waals surface area contributed by atoms with E-state index in [-0.39, 0.29) is 24.3 Å². The van der Waals surface area contributed by atoms with Gasteiger partial charge in [0.2, 0.25) is 0 Å². The molecule has 0 aliphatic carbocycles. The molecule has 4 heteroatoms. The van der Waals surface area contributed by atoms with Crippen LogP contribution in [0.3, 0.4) is 0 Å². The van der Waals surface area contributed by atoms with Crippen LogP contribution in [0.4, 0.5) is 0 Å². The van der Waals surface area contributed by atoms with Crippen LogP contribution in [0.15, 0.2) is 12.1 Å². The van der Waals surface area contributed by atoms with Crippen molar-refractivity contribution in [3.8, 4) is 6.07 Å². The summed E-state index contributed by atoms with van der Waals surface area (Å²) in [5.74, 6) is -0.557. The molecule has 0 spiro atoms. The van der Waals surface area contributed by atoms with Gasteiger partial charge in [0.1, 0.15) is 0 Å². The molecular formula is C14H14N2O2. The van der Waals surface area contributed by atoms with E-state index >= 15 is 0 Å². The molecule has 4 nitrogen and oxygen atoms in total. The van der Waals surface area contributed by atoms with E-state index in [1.165, 1.54) is 4.90 Å². The first kappa shape index (κ1) is 12.3. The zero-order valence-corrected chi connectivity index (χ0v) is 10.7. The van der Waals surface area contributed by atoms with Gasteiger partial charge in [-0.15, -0.1) is 0 Å². The Bertz CT molecular complexity index is 543. The van der Waals surface area contributed by atoms with Crippen LogP contribution in [0.5, 0.6) is 0 Å². The molecule has 0 N–H and O–H groups in total. The zero-order chi connectivity index (χ0) is 13.4. The molecule has 0 bridgehead atoms. The molecule has 1 aromatic carbocycles. The van der Waals surface area contributed by atoms with Gasteiger partial charge in [-0.2, -0.15) is 5.26 Å². The number of fused-ring (bicyclic) bond motifs is 1. The Labute approximate surface area is 106 Å². The maximum absolute atomic E-state index is 12.3. The summed E-state index contributed by atoms with van der Waals surface area (Å²) in [5, 5.41) is 8.70. The smallest absolute Gasteiger partial charge is 0.262 e. The van der Waals surface area contributed by atoms with Crippen molar-refractivity contribution >= 4 is 11.8 Å². The summed E-state index contributed by atoms with van der Waals surface area (Å²) in [7, 11) is 0. The molecule has 0 fully saturated rings. The van der Waals surface area contributed by atoms with Gasteiger partial charge >= 0.3 is 0 Å². The van der Waals surface area contributed by atoms with E-state index in [1.54, 1.807) is 6.92 Å². The van der Waals surface area contributed by atoms with Gasteiger partial charge in [0, 0.05) is 0 Å². The highest BCUT2D eigenvalue weighted by Gasteiger charge is 2.40. The average molecular weight is 242 g/mol. The number of benzene rings is 1. The molecule has 0 saturated heterocycles. The standard InChI is InChI=1S/C14H14N2O2/c1-8-4-5-9(2)12-11(8)13(17)16(14(12)18)10(3)6-7-15/h4-5,10H,6H2,1-3H3. The van der Waals surface area contributed by atoms with Crippen LogP contribution < -0.4 is 0 Å². The second-order valence-corrected chi connectivity index (χ2v) is 4.64. The molecule has 1 atom stereocenters. The maximum atomic E-state index is 12.3. The van der Waals surface area contributed by atoms with Crippen LogP contribution in [0.2, 0.25) is 0 Å². The summed E-state index contributed by atoms with van der Waals surface area (Å²) < 4.78 is 0. The number of imide groups is 1. The van der Waals surface area contributed by atoms with Crippen molar-refractivity contribution in [1.82, 2.24) is 4.90 Å². The number of amides is 2. The number of rotatable bonds is 2. The predicted molar refractivity (Wildman–Crippen MR) is 66.1 cm³/mol. The first-order valence-corrected chi connectivity index (χ1v) is 5.84. The highest BCUT2D eigenvalue weighted by atomic mass is 16.2. The summed E-state index contributed by atoms with van der Waals surface area (Å²) in [5.41, 5.74) is 2.59. The van der Waals surface area contributed by atoms with Crippen molar-refractivity contribution in [1.29, 1.82) is 5.26 Å². The molecular weight excluding hydrogens is 228 g/mol. The first-order chi connectivity index (χ1) is 8.49. The van der Waals surface area contributed by atoms with Gasteiger partial charge in [-0.05, 0) is 31.9 Å². The van der Waals surface area contributed by atoms with Gasteiger partial charge < -0.3 is 0 Å². The minimum Gasteiger partial charge on any atom is -0.270 e. The molecule has 2 rings (SSSR count). The van der Waals surface area contributed by atoms with Crippen molar-refractivity contribution in [3.05, 3.63) is 34.4 Å². The molecule has 18 heavy (non-hydrogen) atoms. The number of hydrogen-bond donors (Lipinski definition) is 0. The Morgan fingerprint density at radius 1 is 1.17 bits per heavy atom. The molecule has 1 unspecified atom stereocenters. The largest absolute Gasteiger partial charge is 0.270 e. The van der Waals surface area contributed by atoms with Crippen LogP contribution in [-0.4, -0.2) is 22.8 Å². The van der Waals surface area contributed by atoms with E-state index < -0.39 is 0 Å². The van der Waals surface area contributed by atoms with Gasteiger partial charge in [0.15, 0.2) is 0 Å². The van der Waals surface area contributed by atoms with Crippen molar-refractivity contribution in [2.45, 2.75) is 33.2 Å². The molecule has 92 valence electrons. The lowest BCUT2D eigenvalue weighted by Gasteiger charge is -2.19. The second-order valence-electron chi connectivity index (χ2n) is 4.64. The molecule has 0 aromatic heterocycles. The van der Waals surface area contributed by atoms with Crippen molar-refractivity contribution in [2.75, 3.05) is 0 Å². The Morgan fingerprint density at radius 2 is 1.61 bits per heavy atom. The second kappa shape index (κ2) is 4.26. The third-order valence-electron chi connectivity index (χ3n) is 3.31. The lowest BCUT2D eigenvalue weighted by atomic mass is 9.99. The molecule has 1 heterocycles. The third kappa shape index (κ3) is 1.60. The maximum Gasteiger partial charge on any atom is 0.262 e. The Hall–Kier alpha value is -2.15. The van der Waals surface area contributed by atoms with Crippen molar-refractivity contribution in [2.24, 2.45) is 0 Å². The molecule has 2 amide bonds. The van der Waals surface area contributed by atoms with E-state index in [4.69, 9.17) is 5.26 Å². The number of hydrogen-bond acceptors (Lipinski definition) is 3. The number of aryl methyl sites for hydroxylation is 2.